The van der Waals surface area contributed by atoms with Gasteiger partial charge in [-0.05, 0) is 19.1 Å². The number of benzene rings is 1. The Morgan fingerprint density at radius 1 is 1.42 bits per heavy atom. The van der Waals surface area contributed by atoms with E-state index in [2.05, 4.69) is 0 Å². The van der Waals surface area contributed by atoms with Gasteiger partial charge < -0.3 is 9.47 Å². The minimum atomic E-state index is -0.616. The van der Waals surface area contributed by atoms with Crippen molar-refractivity contribution in [2.24, 2.45) is 0 Å². The van der Waals surface area contributed by atoms with Crippen LogP contribution in [0.3, 0.4) is 0 Å². The minimum Gasteiger partial charge on any atom is -0.496 e. The summed E-state index contributed by atoms with van der Waals surface area (Å²) in [5, 5.41) is 8.84. The van der Waals surface area contributed by atoms with Crippen molar-refractivity contribution < 1.29 is 14.3 Å². The zero-order valence-electron chi connectivity index (χ0n) is 10.9. The third-order valence-electron chi connectivity index (χ3n) is 2.29. The molecule has 0 amide bonds. The lowest BCUT2D eigenvalue weighted by Crippen LogP contribution is -2.05. The predicted octanol–water partition coefficient (Wildman–Crippen LogP) is 2.72. The maximum Gasteiger partial charge on any atom is 0.348 e. The number of nitrogens with zero attached hydrogens (tertiary/aromatic N) is 1. The summed E-state index contributed by atoms with van der Waals surface area (Å²) in [5.74, 6) is 0.108. The number of esters is 1. The molecule has 4 nitrogen and oxygen atoms in total. The van der Waals surface area contributed by atoms with Crippen LogP contribution in [0.1, 0.15) is 12.5 Å². The van der Waals surface area contributed by atoms with E-state index in [0.717, 1.165) is 11.3 Å². The standard InChI is InChI=1S/C15H15NO3/c1-3-19-15(17)13(11-16)9-6-8-12-7-4-5-10-14(12)18-2/h4-10H,3H2,1-2H3. The van der Waals surface area contributed by atoms with Crippen molar-refractivity contribution in [3.8, 4) is 11.8 Å². The fraction of sp³-hybridized carbons (Fsp3) is 0.200. The van der Waals surface area contributed by atoms with Crippen molar-refractivity contribution in [3.63, 3.8) is 0 Å². The maximum atomic E-state index is 11.4. The topological polar surface area (TPSA) is 59.3 Å². The average molecular weight is 257 g/mol. The molecule has 0 aliphatic carbocycles. The summed E-state index contributed by atoms with van der Waals surface area (Å²) in [5.41, 5.74) is 0.829. The minimum absolute atomic E-state index is 0.0343. The van der Waals surface area contributed by atoms with Crippen molar-refractivity contribution in [1.29, 1.82) is 5.26 Å². The van der Waals surface area contributed by atoms with Gasteiger partial charge in [0.25, 0.3) is 0 Å². The van der Waals surface area contributed by atoms with Crippen LogP contribution in [0, 0.1) is 11.3 Å². The molecule has 19 heavy (non-hydrogen) atoms. The Hall–Kier alpha value is -2.54. The fourth-order valence-electron chi connectivity index (χ4n) is 1.41. The van der Waals surface area contributed by atoms with E-state index >= 15 is 0 Å². The highest BCUT2D eigenvalue weighted by Gasteiger charge is 2.07. The van der Waals surface area contributed by atoms with Crippen LogP contribution in [0.5, 0.6) is 5.75 Å². The SMILES string of the molecule is CCOC(=O)C(C#N)=CC=Cc1ccccc1OC. The summed E-state index contributed by atoms with van der Waals surface area (Å²) in [6.45, 7) is 1.94. The summed E-state index contributed by atoms with van der Waals surface area (Å²) in [4.78, 5) is 11.4. The van der Waals surface area contributed by atoms with Crippen LogP contribution < -0.4 is 4.74 Å². The number of hydrogen-bond acceptors (Lipinski definition) is 4. The molecule has 0 atom stereocenters. The third kappa shape index (κ3) is 4.32. The van der Waals surface area contributed by atoms with E-state index in [4.69, 9.17) is 14.7 Å². The van der Waals surface area contributed by atoms with E-state index in [1.807, 2.05) is 24.3 Å². The van der Waals surface area contributed by atoms with Gasteiger partial charge in [0.15, 0.2) is 0 Å². The Bertz CT molecular complexity index is 539. The first-order valence-corrected chi connectivity index (χ1v) is 5.81. The monoisotopic (exact) mass is 257 g/mol. The van der Waals surface area contributed by atoms with E-state index in [9.17, 15) is 4.79 Å². The number of para-hydroxylation sites is 1. The first kappa shape index (κ1) is 14.5. The lowest BCUT2D eigenvalue weighted by Gasteiger charge is -2.02. The van der Waals surface area contributed by atoms with Gasteiger partial charge in [0, 0.05) is 5.56 Å². The van der Waals surface area contributed by atoms with Crippen LogP contribution in [0.2, 0.25) is 0 Å². The summed E-state index contributed by atoms with van der Waals surface area (Å²) < 4.78 is 9.94. The summed E-state index contributed by atoms with van der Waals surface area (Å²) >= 11 is 0. The van der Waals surface area contributed by atoms with Crippen LogP contribution in [0.4, 0.5) is 0 Å². The van der Waals surface area contributed by atoms with Gasteiger partial charge in [-0.15, -0.1) is 0 Å². The molecule has 0 aliphatic heterocycles. The number of carbonyl (C=O) groups is 1. The van der Waals surface area contributed by atoms with Crippen molar-refractivity contribution in [2.45, 2.75) is 6.92 Å². The van der Waals surface area contributed by atoms with Crippen molar-refractivity contribution in [2.75, 3.05) is 13.7 Å². The Morgan fingerprint density at radius 3 is 2.79 bits per heavy atom. The van der Waals surface area contributed by atoms with E-state index in [1.165, 1.54) is 6.08 Å². The number of rotatable bonds is 5. The second kappa shape index (κ2) is 7.72. The van der Waals surface area contributed by atoms with Gasteiger partial charge >= 0.3 is 5.97 Å². The average Bonchev–Trinajstić information content (AvgIpc) is 2.44. The van der Waals surface area contributed by atoms with Crippen LogP contribution in [0.25, 0.3) is 6.08 Å². The first-order valence-electron chi connectivity index (χ1n) is 5.81. The molecule has 0 N–H and O–H groups in total. The molecular weight excluding hydrogens is 242 g/mol. The number of methoxy groups -OCH3 is 1. The highest BCUT2D eigenvalue weighted by molar-refractivity contribution is 5.93. The van der Waals surface area contributed by atoms with Crippen LogP contribution in [-0.2, 0) is 9.53 Å². The van der Waals surface area contributed by atoms with Crippen molar-refractivity contribution in [1.82, 2.24) is 0 Å². The van der Waals surface area contributed by atoms with E-state index in [-0.39, 0.29) is 12.2 Å². The zero-order valence-corrected chi connectivity index (χ0v) is 10.9. The number of carbonyl (C=O) groups excluding carboxylic acids is 1. The Balaban J connectivity index is 2.86. The highest BCUT2D eigenvalue weighted by atomic mass is 16.5. The summed E-state index contributed by atoms with van der Waals surface area (Å²) in [6, 6.07) is 9.26. The van der Waals surface area contributed by atoms with E-state index in [0.29, 0.717) is 0 Å². The summed E-state index contributed by atoms with van der Waals surface area (Å²) in [7, 11) is 1.59. The molecule has 0 unspecified atom stereocenters. The largest absolute Gasteiger partial charge is 0.496 e. The quantitative estimate of drug-likeness (QED) is 0.352. The van der Waals surface area contributed by atoms with Crippen LogP contribution in [-0.4, -0.2) is 19.7 Å². The lowest BCUT2D eigenvalue weighted by atomic mass is 10.1. The molecule has 0 bridgehead atoms. The molecular formula is C15H15NO3. The van der Waals surface area contributed by atoms with E-state index in [1.54, 1.807) is 32.3 Å². The fourth-order valence-corrected chi connectivity index (χ4v) is 1.41. The van der Waals surface area contributed by atoms with Gasteiger partial charge in [-0.2, -0.15) is 5.26 Å². The zero-order chi connectivity index (χ0) is 14.1. The second-order valence-corrected chi connectivity index (χ2v) is 3.51. The number of nitriles is 1. The van der Waals surface area contributed by atoms with Gasteiger partial charge in [0.05, 0.1) is 13.7 Å². The van der Waals surface area contributed by atoms with Crippen molar-refractivity contribution >= 4 is 12.0 Å². The van der Waals surface area contributed by atoms with Crippen molar-refractivity contribution in [3.05, 3.63) is 47.6 Å². The summed E-state index contributed by atoms with van der Waals surface area (Å²) in [6.07, 6.45) is 4.80. The second-order valence-electron chi connectivity index (χ2n) is 3.51. The molecule has 0 spiro atoms. The Labute approximate surface area is 112 Å². The Kier molecular flexibility index (Phi) is 5.90. The molecule has 0 fully saturated rings. The van der Waals surface area contributed by atoms with Gasteiger partial charge in [-0.3, -0.25) is 0 Å². The third-order valence-corrected chi connectivity index (χ3v) is 2.29. The van der Waals surface area contributed by atoms with Crippen LogP contribution in [0.15, 0.2) is 42.0 Å². The molecule has 4 heteroatoms. The van der Waals surface area contributed by atoms with Gasteiger partial charge in [-0.25, -0.2) is 4.79 Å². The van der Waals surface area contributed by atoms with E-state index < -0.39 is 5.97 Å². The van der Waals surface area contributed by atoms with Crippen LogP contribution >= 0.6 is 0 Å². The first-order chi connectivity index (χ1) is 9.22. The van der Waals surface area contributed by atoms with Gasteiger partial charge in [-0.1, -0.05) is 30.4 Å². The van der Waals surface area contributed by atoms with Gasteiger partial charge in [0.1, 0.15) is 17.4 Å². The molecule has 0 saturated carbocycles. The lowest BCUT2D eigenvalue weighted by molar-refractivity contribution is -0.138. The number of ether oxygens (including phenoxy) is 2. The Morgan fingerprint density at radius 2 is 2.16 bits per heavy atom. The molecule has 1 aromatic carbocycles. The normalized spacial score (nSPS) is 11.1. The molecule has 1 rings (SSSR count). The highest BCUT2D eigenvalue weighted by Crippen LogP contribution is 2.18. The van der Waals surface area contributed by atoms with Gasteiger partial charge in [0.2, 0.25) is 0 Å². The predicted molar refractivity (Wildman–Crippen MR) is 72.4 cm³/mol. The maximum absolute atomic E-state index is 11.4. The number of hydrogen-bond donors (Lipinski definition) is 0. The molecule has 0 radical (unpaired) electrons. The molecule has 1 aromatic rings. The smallest absolute Gasteiger partial charge is 0.348 e. The number of allylic oxidation sites excluding steroid dienone is 2. The molecule has 0 saturated heterocycles. The molecule has 98 valence electrons. The molecule has 0 aromatic heterocycles. The molecule has 0 aliphatic rings. The molecule has 0 heterocycles.